The molecule has 2 rings (SSSR count). The molecule has 1 aliphatic heterocycles. The molecule has 0 aromatic heterocycles. The highest BCUT2D eigenvalue weighted by atomic mass is 16.5. The summed E-state index contributed by atoms with van der Waals surface area (Å²) in [5.41, 5.74) is 6.30. The number of hydrogen-bond acceptors (Lipinski definition) is 4. The van der Waals surface area contributed by atoms with Crippen LogP contribution in [0.15, 0.2) is 24.3 Å². The lowest BCUT2D eigenvalue weighted by Crippen LogP contribution is -2.56. The average Bonchev–Trinajstić information content (AvgIpc) is 2.45. The van der Waals surface area contributed by atoms with E-state index in [1.165, 1.54) is 0 Å². The molecule has 0 aliphatic carbocycles. The van der Waals surface area contributed by atoms with Crippen LogP contribution in [-0.2, 0) is 16.1 Å². The minimum absolute atomic E-state index is 0.112. The number of nitrogens with one attached hydrogen (secondary N) is 1. The van der Waals surface area contributed by atoms with Crippen LogP contribution in [-0.4, -0.2) is 31.8 Å². The van der Waals surface area contributed by atoms with Gasteiger partial charge in [0.05, 0.1) is 12.6 Å². The van der Waals surface area contributed by atoms with E-state index in [0.29, 0.717) is 32.6 Å². The fourth-order valence-corrected chi connectivity index (χ4v) is 2.10. The van der Waals surface area contributed by atoms with Gasteiger partial charge in [-0.15, -0.1) is 0 Å². The molecule has 0 spiro atoms. The largest absolute Gasteiger partial charge is 0.497 e. The van der Waals surface area contributed by atoms with Crippen molar-refractivity contribution in [2.75, 3.05) is 20.3 Å². The van der Waals surface area contributed by atoms with Crippen molar-refractivity contribution in [3.8, 4) is 5.75 Å². The van der Waals surface area contributed by atoms with Crippen LogP contribution in [0.3, 0.4) is 0 Å². The van der Waals surface area contributed by atoms with E-state index < -0.39 is 5.54 Å². The number of carbonyl (C=O) groups excluding carboxylic acids is 1. The smallest absolute Gasteiger partial charge is 0.240 e. The van der Waals surface area contributed by atoms with Crippen molar-refractivity contribution in [1.82, 2.24) is 5.32 Å². The van der Waals surface area contributed by atoms with Gasteiger partial charge in [0.1, 0.15) is 5.75 Å². The number of methoxy groups -OCH3 is 1. The van der Waals surface area contributed by atoms with Crippen LogP contribution < -0.4 is 15.8 Å². The molecule has 1 aromatic carbocycles. The molecule has 1 saturated heterocycles. The third-order valence-electron chi connectivity index (χ3n) is 3.42. The second-order valence-electron chi connectivity index (χ2n) is 4.80. The van der Waals surface area contributed by atoms with Gasteiger partial charge in [0, 0.05) is 19.8 Å². The quantitative estimate of drug-likeness (QED) is 0.844. The molecule has 104 valence electrons. The van der Waals surface area contributed by atoms with E-state index >= 15 is 0 Å². The third-order valence-corrected chi connectivity index (χ3v) is 3.42. The molecule has 0 bridgehead atoms. The fraction of sp³-hybridized carbons (Fsp3) is 0.500. The predicted octanol–water partition coefficient (Wildman–Crippen LogP) is 0.819. The number of nitrogens with two attached hydrogens (primary N) is 1. The highest BCUT2D eigenvalue weighted by molar-refractivity contribution is 5.86. The van der Waals surface area contributed by atoms with E-state index in [1.54, 1.807) is 7.11 Å². The van der Waals surface area contributed by atoms with Crippen molar-refractivity contribution in [2.24, 2.45) is 5.73 Å². The molecule has 0 saturated carbocycles. The number of benzene rings is 1. The Morgan fingerprint density at radius 3 is 2.89 bits per heavy atom. The predicted molar refractivity (Wildman–Crippen MR) is 71.8 cm³/mol. The molecule has 5 nitrogen and oxygen atoms in total. The lowest BCUT2D eigenvalue weighted by Gasteiger charge is -2.31. The summed E-state index contributed by atoms with van der Waals surface area (Å²) in [7, 11) is 1.62. The first-order chi connectivity index (χ1) is 9.14. The Labute approximate surface area is 113 Å². The first kappa shape index (κ1) is 13.8. The molecule has 0 radical (unpaired) electrons. The minimum Gasteiger partial charge on any atom is -0.497 e. The zero-order chi connectivity index (χ0) is 13.7. The van der Waals surface area contributed by atoms with Crippen molar-refractivity contribution in [3.63, 3.8) is 0 Å². The zero-order valence-electron chi connectivity index (χ0n) is 11.1. The molecule has 5 heteroatoms. The summed E-state index contributed by atoms with van der Waals surface area (Å²) in [6.45, 7) is 1.54. The first-order valence-electron chi connectivity index (χ1n) is 6.42. The summed E-state index contributed by atoms with van der Waals surface area (Å²) in [6.07, 6.45) is 1.13. The normalized spacial score (nSPS) is 17.8. The number of carbonyl (C=O) groups is 1. The molecular formula is C14H20N2O3. The van der Waals surface area contributed by atoms with Crippen LogP contribution in [0.25, 0.3) is 0 Å². The van der Waals surface area contributed by atoms with Gasteiger partial charge in [-0.25, -0.2) is 0 Å². The molecule has 1 aliphatic rings. The molecule has 1 heterocycles. The number of ether oxygens (including phenoxy) is 2. The van der Waals surface area contributed by atoms with Crippen molar-refractivity contribution >= 4 is 5.91 Å². The Hall–Kier alpha value is -1.59. The standard InChI is InChI=1S/C14H20N2O3/c1-18-12-4-2-3-11(9-12)10-16-13(17)14(15)5-7-19-8-6-14/h2-4,9H,5-8,10,15H2,1H3,(H,16,17). The van der Waals surface area contributed by atoms with E-state index in [0.717, 1.165) is 11.3 Å². The second kappa shape index (κ2) is 6.04. The van der Waals surface area contributed by atoms with Gasteiger partial charge in [-0.05, 0) is 30.5 Å². The number of hydrogen-bond donors (Lipinski definition) is 2. The van der Waals surface area contributed by atoms with Gasteiger partial charge in [0.25, 0.3) is 0 Å². The maximum Gasteiger partial charge on any atom is 0.240 e. The van der Waals surface area contributed by atoms with Gasteiger partial charge in [-0.2, -0.15) is 0 Å². The molecule has 1 amide bonds. The monoisotopic (exact) mass is 264 g/mol. The van der Waals surface area contributed by atoms with Crippen molar-refractivity contribution in [1.29, 1.82) is 0 Å². The molecule has 1 aromatic rings. The summed E-state index contributed by atoms with van der Waals surface area (Å²) in [5.74, 6) is 0.666. The maximum absolute atomic E-state index is 12.1. The Morgan fingerprint density at radius 2 is 2.21 bits per heavy atom. The highest BCUT2D eigenvalue weighted by Crippen LogP contribution is 2.18. The number of rotatable bonds is 4. The lowest BCUT2D eigenvalue weighted by atomic mass is 9.90. The Bertz CT molecular complexity index is 442. The Morgan fingerprint density at radius 1 is 1.47 bits per heavy atom. The van der Waals surface area contributed by atoms with Gasteiger partial charge in [-0.3, -0.25) is 4.79 Å². The van der Waals surface area contributed by atoms with Crippen LogP contribution in [0.2, 0.25) is 0 Å². The molecule has 1 fully saturated rings. The molecule has 0 unspecified atom stereocenters. The molecule has 0 atom stereocenters. The van der Waals surface area contributed by atoms with E-state index in [9.17, 15) is 4.79 Å². The van der Waals surface area contributed by atoms with Crippen LogP contribution in [0.5, 0.6) is 5.75 Å². The number of amides is 1. The average molecular weight is 264 g/mol. The Kier molecular flexibility index (Phi) is 4.39. The summed E-state index contributed by atoms with van der Waals surface area (Å²) < 4.78 is 10.4. The lowest BCUT2D eigenvalue weighted by molar-refractivity contribution is -0.129. The maximum atomic E-state index is 12.1. The first-order valence-corrected chi connectivity index (χ1v) is 6.42. The van der Waals surface area contributed by atoms with E-state index in [4.69, 9.17) is 15.2 Å². The van der Waals surface area contributed by atoms with E-state index in [2.05, 4.69) is 5.32 Å². The molecular weight excluding hydrogens is 244 g/mol. The van der Waals surface area contributed by atoms with Gasteiger partial charge in [0.15, 0.2) is 0 Å². The van der Waals surface area contributed by atoms with Crippen LogP contribution in [0.4, 0.5) is 0 Å². The third kappa shape index (κ3) is 3.45. The van der Waals surface area contributed by atoms with E-state index in [-0.39, 0.29) is 5.91 Å². The Balaban J connectivity index is 1.92. The summed E-state index contributed by atoms with van der Waals surface area (Å²) in [5, 5.41) is 2.89. The summed E-state index contributed by atoms with van der Waals surface area (Å²) in [6, 6.07) is 7.60. The van der Waals surface area contributed by atoms with E-state index in [1.807, 2.05) is 24.3 Å². The fourth-order valence-electron chi connectivity index (χ4n) is 2.10. The minimum atomic E-state index is -0.795. The van der Waals surface area contributed by atoms with Gasteiger partial charge >= 0.3 is 0 Å². The second-order valence-corrected chi connectivity index (χ2v) is 4.80. The SMILES string of the molecule is COc1cccc(CNC(=O)C2(N)CCOCC2)c1. The summed E-state index contributed by atoms with van der Waals surface area (Å²) in [4.78, 5) is 12.1. The highest BCUT2D eigenvalue weighted by Gasteiger charge is 2.35. The van der Waals surface area contributed by atoms with Gasteiger partial charge in [0.2, 0.25) is 5.91 Å². The zero-order valence-corrected chi connectivity index (χ0v) is 11.1. The molecule has 19 heavy (non-hydrogen) atoms. The van der Waals surface area contributed by atoms with Crippen molar-refractivity contribution in [2.45, 2.75) is 24.9 Å². The van der Waals surface area contributed by atoms with Crippen LogP contribution in [0.1, 0.15) is 18.4 Å². The topological polar surface area (TPSA) is 73.6 Å². The summed E-state index contributed by atoms with van der Waals surface area (Å²) >= 11 is 0. The van der Waals surface area contributed by atoms with Gasteiger partial charge < -0.3 is 20.5 Å². The van der Waals surface area contributed by atoms with Crippen LogP contribution >= 0.6 is 0 Å². The molecule has 3 N–H and O–H groups in total. The van der Waals surface area contributed by atoms with Crippen LogP contribution in [0, 0.1) is 0 Å². The van der Waals surface area contributed by atoms with Crippen molar-refractivity contribution < 1.29 is 14.3 Å². The van der Waals surface area contributed by atoms with Gasteiger partial charge in [-0.1, -0.05) is 12.1 Å². The van der Waals surface area contributed by atoms with Crippen molar-refractivity contribution in [3.05, 3.63) is 29.8 Å².